The number of fused-ring (bicyclic) bond motifs is 1. The number of nitrogens with one attached hydrogen (secondary N) is 6. The number of carbonyl (C=O) groups excluding carboxylic acids is 6. The molecule has 76 heavy (non-hydrogen) atoms. The van der Waals surface area contributed by atoms with Gasteiger partial charge >= 0.3 is 0 Å². The lowest BCUT2D eigenvalue weighted by atomic mass is 10.0. The number of imide groups is 1. The quantitative estimate of drug-likeness (QED) is 0.0247. The highest BCUT2D eigenvalue weighted by Crippen LogP contribution is 2.30. The third-order valence-corrected chi connectivity index (χ3v) is 13.1. The minimum Gasteiger partial charge on any atom is -0.383 e. The molecule has 5 aromatic rings. The lowest BCUT2D eigenvalue weighted by Crippen LogP contribution is -2.52. The monoisotopic (exact) mass is 1050 g/mol. The zero-order chi connectivity index (χ0) is 53.2. The standard InChI is InChI=1S/C54H63F2N9O11/c55-38-28-36(29-39(56)31-38)27-35-1-6-46-45(30-35)51(63-62-46)61-52(69)43-5-4-42(33-48(43)58-40-9-17-72-18-10-40)64-13-15-65(16-14-64)50(68)11-19-73-21-23-75-25-26-76-24-22-74-20-12-57-41-3-2-37(34-66)44(32-41)53(70)59-47-7-8-49(67)60-54(47)71/h1-6,28-34,40,47,57-58H,7-27H2,(H,59,70)(H,60,67,71)(H2,61,62,63,69). The third kappa shape index (κ3) is 15.6. The van der Waals surface area contributed by atoms with E-state index in [1.807, 2.05) is 35.2 Å². The Morgan fingerprint density at radius 2 is 1.46 bits per heavy atom. The van der Waals surface area contributed by atoms with Gasteiger partial charge in [-0.1, -0.05) is 6.07 Å². The van der Waals surface area contributed by atoms with Crippen LogP contribution in [0, 0.1) is 11.6 Å². The molecule has 1 atom stereocenters. The number of carbonyl (C=O) groups is 6. The third-order valence-electron chi connectivity index (χ3n) is 13.1. The van der Waals surface area contributed by atoms with E-state index in [0.29, 0.717) is 144 Å². The molecule has 22 heteroatoms. The fourth-order valence-corrected chi connectivity index (χ4v) is 9.09. The van der Waals surface area contributed by atoms with E-state index in [1.54, 1.807) is 12.1 Å². The zero-order valence-corrected chi connectivity index (χ0v) is 42.1. The van der Waals surface area contributed by atoms with Gasteiger partial charge in [0, 0.05) is 92.5 Å². The summed E-state index contributed by atoms with van der Waals surface area (Å²) < 4.78 is 55.8. The molecule has 6 N–H and O–H groups in total. The van der Waals surface area contributed by atoms with Gasteiger partial charge in [0.15, 0.2) is 12.1 Å². The number of amides is 5. The van der Waals surface area contributed by atoms with E-state index in [4.69, 9.17) is 23.7 Å². The number of nitrogens with zero attached hydrogens (tertiary/aromatic N) is 3. The number of piperidine rings is 1. The Balaban J connectivity index is 0.692. The van der Waals surface area contributed by atoms with E-state index < -0.39 is 35.4 Å². The Kier molecular flexibility index (Phi) is 19.8. The highest BCUT2D eigenvalue weighted by Gasteiger charge is 2.29. The Morgan fingerprint density at radius 3 is 2.17 bits per heavy atom. The summed E-state index contributed by atoms with van der Waals surface area (Å²) in [6, 6.07) is 18.6. The largest absolute Gasteiger partial charge is 0.383 e. The first kappa shape index (κ1) is 54.9. The zero-order valence-electron chi connectivity index (χ0n) is 42.1. The molecule has 404 valence electrons. The van der Waals surface area contributed by atoms with Crippen LogP contribution in [0.25, 0.3) is 10.9 Å². The number of aldehydes is 1. The molecule has 3 aliphatic rings. The van der Waals surface area contributed by atoms with Crippen LogP contribution in [0.1, 0.15) is 74.3 Å². The Hall–Kier alpha value is -7.37. The number of anilines is 4. The van der Waals surface area contributed by atoms with Gasteiger partial charge in [0.25, 0.3) is 11.8 Å². The summed E-state index contributed by atoms with van der Waals surface area (Å²) in [5.41, 5.74) is 4.88. The lowest BCUT2D eigenvalue weighted by Gasteiger charge is -2.36. The topological polar surface area (TPSA) is 244 Å². The summed E-state index contributed by atoms with van der Waals surface area (Å²) in [5.74, 6) is -2.87. The molecule has 1 unspecified atom stereocenters. The van der Waals surface area contributed by atoms with Gasteiger partial charge in [0.2, 0.25) is 17.7 Å². The molecule has 3 fully saturated rings. The van der Waals surface area contributed by atoms with Crippen molar-refractivity contribution in [3.63, 3.8) is 0 Å². The van der Waals surface area contributed by atoms with Crippen LogP contribution in [0.4, 0.5) is 31.7 Å². The average Bonchev–Trinajstić information content (AvgIpc) is 3.81. The van der Waals surface area contributed by atoms with Crippen molar-refractivity contribution in [1.82, 2.24) is 25.7 Å². The molecule has 1 aromatic heterocycles. The van der Waals surface area contributed by atoms with Crippen molar-refractivity contribution in [3.8, 4) is 0 Å². The lowest BCUT2D eigenvalue weighted by molar-refractivity contribution is -0.135. The molecule has 0 spiro atoms. The molecule has 0 radical (unpaired) electrons. The van der Waals surface area contributed by atoms with Gasteiger partial charge in [-0.25, -0.2) is 8.78 Å². The van der Waals surface area contributed by atoms with Crippen molar-refractivity contribution >= 4 is 69.6 Å². The number of halogens is 2. The second-order valence-corrected chi connectivity index (χ2v) is 18.5. The molecule has 0 aliphatic carbocycles. The summed E-state index contributed by atoms with van der Waals surface area (Å²) in [5, 5.41) is 22.5. The summed E-state index contributed by atoms with van der Waals surface area (Å²) in [4.78, 5) is 79.1. The van der Waals surface area contributed by atoms with Gasteiger partial charge in [0.1, 0.15) is 17.7 Å². The first-order chi connectivity index (χ1) is 37.0. The minimum atomic E-state index is -0.864. The molecule has 3 saturated heterocycles. The average molecular weight is 1050 g/mol. The van der Waals surface area contributed by atoms with E-state index >= 15 is 0 Å². The Morgan fingerprint density at radius 1 is 0.750 bits per heavy atom. The van der Waals surface area contributed by atoms with Crippen molar-refractivity contribution < 1.29 is 61.2 Å². The predicted molar refractivity (Wildman–Crippen MR) is 278 cm³/mol. The van der Waals surface area contributed by atoms with Crippen LogP contribution in [0.2, 0.25) is 0 Å². The van der Waals surface area contributed by atoms with E-state index in [1.165, 1.54) is 24.3 Å². The second-order valence-electron chi connectivity index (χ2n) is 18.5. The van der Waals surface area contributed by atoms with Gasteiger partial charge in [-0.05, 0) is 97.5 Å². The fourth-order valence-electron chi connectivity index (χ4n) is 9.09. The maximum atomic E-state index is 14.0. The molecule has 0 bridgehead atoms. The number of piperazine rings is 1. The summed E-state index contributed by atoms with van der Waals surface area (Å²) >= 11 is 0. The van der Waals surface area contributed by atoms with Crippen LogP contribution in [-0.2, 0) is 44.5 Å². The molecule has 8 rings (SSSR count). The van der Waals surface area contributed by atoms with Crippen molar-refractivity contribution in [1.29, 1.82) is 0 Å². The van der Waals surface area contributed by atoms with Crippen molar-refractivity contribution in [2.75, 3.05) is 120 Å². The molecule has 20 nitrogen and oxygen atoms in total. The number of benzene rings is 4. The van der Waals surface area contributed by atoms with Crippen molar-refractivity contribution in [2.45, 2.75) is 50.6 Å². The number of hydrogen-bond acceptors (Lipinski definition) is 15. The maximum Gasteiger partial charge on any atom is 0.258 e. The number of H-pyrrole nitrogens is 1. The van der Waals surface area contributed by atoms with E-state index in [9.17, 15) is 37.5 Å². The maximum absolute atomic E-state index is 14.0. The summed E-state index contributed by atoms with van der Waals surface area (Å²) in [7, 11) is 0. The van der Waals surface area contributed by atoms with Gasteiger partial charge in [0.05, 0.1) is 75.9 Å². The summed E-state index contributed by atoms with van der Waals surface area (Å²) in [6.07, 6.45) is 2.98. The normalized spacial score (nSPS) is 16.1. The van der Waals surface area contributed by atoms with Gasteiger partial charge in [-0.15, -0.1) is 0 Å². The fraction of sp³-hybridized carbons (Fsp3) is 0.426. The van der Waals surface area contributed by atoms with E-state index in [-0.39, 0.29) is 54.9 Å². The molecule has 4 aromatic carbocycles. The minimum absolute atomic E-state index is 0.0113. The molecule has 0 saturated carbocycles. The molecule has 4 heterocycles. The van der Waals surface area contributed by atoms with Gasteiger partial charge in [-0.3, -0.25) is 39.2 Å². The molecular formula is C54H63F2N9O11. The van der Waals surface area contributed by atoms with Crippen LogP contribution in [0.15, 0.2) is 72.8 Å². The first-order valence-electron chi connectivity index (χ1n) is 25.5. The van der Waals surface area contributed by atoms with Crippen LogP contribution < -0.4 is 31.5 Å². The summed E-state index contributed by atoms with van der Waals surface area (Å²) in [6.45, 7) is 6.69. The Labute approximate surface area is 437 Å². The van der Waals surface area contributed by atoms with Crippen LogP contribution in [0.5, 0.6) is 0 Å². The van der Waals surface area contributed by atoms with Gasteiger partial charge in [-0.2, -0.15) is 5.10 Å². The van der Waals surface area contributed by atoms with E-state index in [0.717, 1.165) is 30.2 Å². The number of rotatable bonds is 26. The van der Waals surface area contributed by atoms with Gasteiger partial charge < -0.3 is 54.8 Å². The van der Waals surface area contributed by atoms with Crippen LogP contribution >= 0.6 is 0 Å². The SMILES string of the molecule is O=Cc1ccc(NCCOCCOCCOCCOCCC(=O)N2CCN(c3ccc(C(=O)Nc4n[nH]c5ccc(Cc6cc(F)cc(F)c6)cc45)c(NC4CCOCC4)c3)CC2)cc1C(=O)NC1CCC(=O)NC1=O. The van der Waals surface area contributed by atoms with Crippen molar-refractivity contribution in [3.05, 3.63) is 112 Å². The predicted octanol–water partition coefficient (Wildman–Crippen LogP) is 4.84. The Bertz CT molecular complexity index is 2820. The second kappa shape index (κ2) is 27.4. The molecule has 3 aliphatic heterocycles. The van der Waals surface area contributed by atoms with Crippen LogP contribution in [-0.4, -0.2) is 162 Å². The molecular weight excluding hydrogens is 989 g/mol. The smallest absolute Gasteiger partial charge is 0.258 e. The van der Waals surface area contributed by atoms with Crippen molar-refractivity contribution in [2.24, 2.45) is 0 Å². The van der Waals surface area contributed by atoms with E-state index in [2.05, 4.69) is 41.7 Å². The number of aromatic nitrogens is 2. The highest BCUT2D eigenvalue weighted by atomic mass is 19.1. The highest BCUT2D eigenvalue weighted by molar-refractivity contribution is 6.11. The number of aromatic amines is 1. The molecule has 5 amide bonds. The van der Waals surface area contributed by atoms with Crippen LogP contribution in [0.3, 0.4) is 0 Å². The number of ether oxygens (including phenoxy) is 5. The first-order valence-corrected chi connectivity index (χ1v) is 25.5. The number of hydrogen-bond donors (Lipinski definition) is 6.